The first kappa shape index (κ1) is 14.6. The van der Waals surface area contributed by atoms with Gasteiger partial charge in [0.15, 0.2) is 11.5 Å². The third-order valence-electron chi connectivity index (χ3n) is 2.92. The van der Waals surface area contributed by atoms with E-state index in [4.69, 9.17) is 21.1 Å². The molecular formula is C15H17ClN2O2. The fourth-order valence-corrected chi connectivity index (χ4v) is 2.10. The van der Waals surface area contributed by atoms with Crippen molar-refractivity contribution in [1.29, 1.82) is 0 Å². The van der Waals surface area contributed by atoms with Gasteiger partial charge in [0, 0.05) is 36.6 Å². The molecule has 0 aliphatic carbocycles. The molecule has 0 aliphatic heterocycles. The van der Waals surface area contributed by atoms with Gasteiger partial charge in [0.05, 0.1) is 14.2 Å². The van der Waals surface area contributed by atoms with E-state index in [0.717, 1.165) is 17.7 Å². The number of hydrogen-bond donors (Lipinski definition) is 1. The summed E-state index contributed by atoms with van der Waals surface area (Å²) in [5, 5.41) is 3.98. The predicted octanol–water partition coefficient (Wildman–Crippen LogP) is 3.04. The molecule has 0 amide bonds. The SMILES string of the molecule is COc1cc(Cl)c(CNCc2cccnc2)cc1OC. The summed E-state index contributed by atoms with van der Waals surface area (Å²) >= 11 is 6.23. The van der Waals surface area contributed by atoms with Crippen LogP contribution < -0.4 is 14.8 Å². The van der Waals surface area contributed by atoms with Gasteiger partial charge in [-0.25, -0.2) is 0 Å². The average Bonchev–Trinajstić information content (AvgIpc) is 2.49. The molecule has 5 heteroatoms. The van der Waals surface area contributed by atoms with Crippen molar-refractivity contribution < 1.29 is 9.47 Å². The Kier molecular flexibility index (Phi) is 5.21. The molecular weight excluding hydrogens is 276 g/mol. The van der Waals surface area contributed by atoms with Crippen LogP contribution in [0.25, 0.3) is 0 Å². The van der Waals surface area contributed by atoms with Crippen LogP contribution >= 0.6 is 11.6 Å². The minimum atomic E-state index is 0.633. The zero-order valence-electron chi connectivity index (χ0n) is 11.5. The summed E-state index contributed by atoms with van der Waals surface area (Å²) in [6, 6.07) is 7.59. The van der Waals surface area contributed by atoms with E-state index in [-0.39, 0.29) is 0 Å². The van der Waals surface area contributed by atoms with E-state index in [0.29, 0.717) is 23.1 Å². The van der Waals surface area contributed by atoms with Crippen LogP contribution in [-0.4, -0.2) is 19.2 Å². The van der Waals surface area contributed by atoms with Crippen LogP contribution in [0.1, 0.15) is 11.1 Å². The summed E-state index contributed by atoms with van der Waals surface area (Å²) in [5.74, 6) is 1.31. The first-order chi connectivity index (χ1) is 9.74. The maximum Gasteiger partial charge on any atom is 0.162 e. The Labute approximate surface area is 123 Å². The lowest BCUT2D eigenvalue weighted by atomic mass is 10.2. The fraction of sp³-hybridized carbons (Fsp3) is 0.267. The topological polar surface area (TPSA) is 43.4 Å². The fourth-order valence-electron chi connectivity index (χ4n) is 1.88. The molecule has 0 atom stereocenters. The van der Waals surface area contributed by atoms with Crippen molar-refractivity contribution in [2.24, 2.45) is 0 Å². The molecule has 2 rings (SSSR count). The van der Waals surface area contributed by atoms with E-state index in [1.54, 1.807) is 26.5 Å². The van der Waals surface area contributed by atoms with E-state index in [2.05, 4.69) is 10.3 Å². The van der Waals surface area contributed by atoms with E-state index in [9.17, 15) is 0 Å². The van der Waals surface area contributed by atoms with E-state index >= 15 is 0 Å². The van der Waals surface area contributed by atoms with Crippen LogP contribution in [0.4, 0.5) is 0 Å². The Morgan fingerprint density at radius 2 is 1.90 bits per heavy atom. The Balaban J connectivity index is 2.02. The molecule has 0 saturated carbocycles. The van der Waals surface area contributed by atoms with Crippen LogP contribution in [0.2, 0.25) is 5.02 Å². The first-order valence-corrected chi connectivity index (χ1v) is 6.62. The molecule has 0 unspecified atom stereocenters. The second-order valence-electron chi connectivity index (χ2n) is 4.26. The summed E-state index contributed by atoms with van der Waals surface area (Å²) in [5.41, 5.74) is 2.09. The first-order valence-electron chi connectivity index (χ1n) is 6.24. The van der Waals surface area contributed by atoms with Gasteiger partial charge >= 0.3 is 0 Å². The summed E-state index contributed by atoms with van der Waals surface area (Å²) in [7, 11) is 3.20. The molecule has 1 aromatic heterocycles. The van der Waals surface area contributed by atoms with E-state index in [1.807, 2.05) is 24.4 Å². The molecule has 0 fully saturated rings. The zero-order valence-corrected chi connectivity index (χ0v) is 12.3. The minimum absolute atomic E-state index is 0.633. The van der Waals surface area contributed by atoms with Gasteiger partial charge in [0.25, 0.3) is 0 Å². The van der Waals surface area contributed by atoms with Crippen molar-refractivity contribution in [2.45, 2.75) is 13.1 Å². The lowest BCUT2D eigenvalue weighted by Crippen LogP contribution is -2.13. The number of pyridine rings is 1. The zero-order chi connectivity index (χ0) is 14.4. The van der Waals surface area contributed by atoms with Crippen LogP contribution in [0.15, 0.2) is 36.7 Å². The average molecular weight is 293 g/mol. The summed E-state index contributed by atoms with van der Waals surface area (Å²) in [6.07, 6.45) is 3.60. The Hall–Kier alpha value is -1.78. The number of nitrogens with zero attached hydrogens (tertiary/aromatic N) is 1. The Morgan fingerprint density at radius 1 is 1.15 bits per heavy atom. The summed E-state index contributed by atoms with van der Waals surface area (Å²) in [4.78, 5) is 4.08. The van der Waals surface area contributed by atoms with Crippen molar-refractivity contribution in [2.75, 3.05) is 14.2 Å². The maximum absolute atomic E-state index is 6.23. The number of ether oxygens (including phenoxy) is 2. The van der Waals surface area contributed by atoms with Crippen molar-refractivity contribution >= 4 is 11.6 Å². The van der Waals surface area contributed by atoms with Gasteiger partial charge in [-0.05, 0) is 23.3 Å². The summed E-state index contributed by atoms with van der Waals surface area (Å²) in [6.45, 7) is 1.38. The van der Waals surface area contributed by atoms with Crippen LogP contribution in [0.3, 0.4) is 0 Å². The molecule has 4 nitrogen and oxygen atoms in total. The molecule has 0 aliphatic rings. The van der Waals surface area contributed by atoms with Crippen LogP contribution in [-0.2, 0) is 13.1 Å². The van der Waals surface area contributed by atoms with Gasteiger partial charge in [0.1, 0.15) is 0 Å². The minimum Gasteiger partial charge on any atom is -0.493 e. The number of methoxy groups -OCH3 is 2. The molecule has 0 radical (unpaired) electrons. The quantitative estimate of drug-likeness (QED) is 0.889. The van der Waals surface area contributed by atoms with Crippen molar-refractivity contribution in [3.05, 3.63) is 52.8 Å². The third-order valence-corrected chi connectivity index (χ3v) is 3.27. The lowest BCUT2D eigenvalue weighted by molar-refractivity contribution is 0.354. The highest BCUT2D eigenvalue weighted by Crippen LogP contribution is 2.32. The number of rotatable bonds is 6. The smallest absolute Gasteiger partial charge is 0.162 e. The highest BCUT2D eigenvalue weighted by atomic mass is 35.5. The second kappa shape index (κ2) is 7.12. The van der Waals surface area contributed by atoms with Crippen molar-refractivity contribution in [3.63, 3.8) is 0 Å². The lowest BCUT2D eigenvalue weighted by Gasteiger charge is -2.12. The van der Waals surface area contributed by atoms with Gasteiger partial charge < -0.3 is 14.8 Å². The Morgan fingerprint density at radius 3 is 2.55 bits per heavy atom. The molecule has 0 spiro atoms. The molecule has 20 heavy (non-hydrogen) atoms. The Bertz CT molecular complexity index is 561. The third kappa shape index (κ3) is 3.62. The number of aromatic nitrogens is 1. The number of halogens is 1. The molecule has 0 bridgehead atoms. The summed E-state index contributed by atoms with van der Waals surface area (Å²) < 4.78 is 10.5. The standard InChI is InChI=1S/C15H17ClN2O2/c1-19-14-6-12(13(16)7-15(14)20-2)10-18-9-11-4-3-5-17-8-11/h3-8,18H,9-10H2,1-2H3. The number of nitrogens with one attached hydrogen (secondary N) is 1. The number of hydrogen-bond acceptors (Lipinski definition) is 4. The van der Waals surface area contributed by atoms with Gasteiger partial charge in [-0.15, -0.1) is 0 Å². The molecule has 106 valence electrons. The largest absolute Gasteiger partial charge is 0.493 e. The van der Waals surface area contributed by atoms with Crippen molar-refractivity contribution in [1.82, 2.24) is 10.3 Å². The number of benzene rings is 1. The highest BCUT2D eigenvalue weighted by molar-refractivity contribution is 6.31. The van der Waals surface area contributed by atoms with Gasteiger partial charge in [-0.2, -0.15) is 0 Å². The van der Waals surface area contributed by atoms with Crippen molar-refractivity contribution in [3.8, 4) is 11.5 Å². The van der Waals surface area contributed by atoms with Gasteiger partial charge in [0.2, 0.25) is 0 Å². The highest BCUT2D eigenvalue weighted by Gasteiger charge is 2.09. The molecule has 0 saturated heterocycles. The van der Waals surface area contributed by atoms with E-state index < -0.39 is 0 Å². The maximum atomic E-state index is 6.23. The van der Waals surface area contributed by atoms with E-state index in [1.165, 1.54) is 0 Å². The van der Waals surface area contributed by atoms with Gasteiger partial charge in [-0.1, -0.05) is 17.7 Å². The van der Waals surface area contributed by atoms with Crippen LogP contribution in [0, 0.1) is 0 Å². The van der Waals surface area contributed by atoms with Gasteiger partial charge in [-0.3, -0.25) is 4.98 Å². The molecule has 1 aromatic carbocycles. The predicted molar refractivity (Wildman–Crippen MR) is 79.3 cm³/mol. The monoisotopic (exact) mass is 292 g/mol. The molecule has 1 N–H and O–H groups in total. The van der Waals surface area contributed by atoms with Crippen LogP contribution in [0.5, 0.6) is 11.5 Å². The molecule has 2 aromatic rings. The normalized spacial score (nSPS) is 10.3. The second-order valence-corrected chi connectivity index (χ2v) is 4.67. The molecule has 1 heterocycles.